The highest BCUT2D eigenvalue weighted by molar-refractivity contribution is 5.66. The van der Waals surface area contributed by atoms with E-state index in [1.807, 2.05) is 12.3 Å². The maximum Gasteiger partial charge on any atom is 0.152 e. The van der Waals surface area contributed by atoms with Crippen molar-refractivity contribution in [2.75, 3.05) is 43.6 Å². The number of piperidine rings is 1. The molecule has 1 aromatic carbocycles. The molecule has 152 valence electrons. The number of likely N-dealkylation sites (tertiary alicyclic amines) is 1. The Morgan fingerprint density at radius 2 is 1.89 bits per heavy atom. The number of pyridine rings is 1. The molecule has 0 radical (unpaired) electrons. The van der Waals surface area contributed by atoms with Crippen LogP contribution in [0.5, 0.6) is 0 Å². The third-order valence-electron chi connectivity index (χ3n) is 5.29. The van der Waals surface area contributed by atoms with Gasteiger partial charge in [0, 0.05) is 51.6 Å². The predicted molar refractivity (Wildman–Crippen MR) is 117 cm³/mol. The van der Waals surface area contributed by atoms with Crippen LogP contribution in [-0.2, 0) is 11.3 Å². The summed E-state index contributed by atoms with van der Waals surface area (Å²) < 4.78 is 5.41. The van der Waals surface area contributed by atoms with Gasteiger partial charge in [-0.15, -0.1) is 0 Å². The zero-order chi connectivity index (χ0) is 19.8. The molecule has 1 aromatic heterocycles. The summed E-state index contributed by atoms with van der Waals surface area (Å²) in [6.07, 6.45) is 4.19. The summed E-state index contributed by atoms with van der Waals surface area (Å²) in [6.45, 7) is 9.17. The molecule has 2 aromatic rings. The molecule has 0 amide bonds. The maximum absolute atomic E-state index is 5.41. The number of rotatable bonds is 9. The molecule has 5 heteroatoms. The van der Waals surface area contributed by atoms with Crippen LogP contribution < -0.4 is 10.2 Å². The van der Waals surface area contributed by atoms with Crippen molar-refractivity contribution < 1.29 is 4.74 Å². The van der Waals surface area contributed by atoms with Crippen LogP contribution in [0.25, 0.3) is 0 Å². The van der Waals surface area contributed by atoms with E-state index in [1.165, 1.54) is 5.56 Å². The second-order valence-electron chi connectivity index (χ2n) is 7.85. The van der Waals surface area contributed by atoms with Crippen LogP contribution in [-0.4, -0.2) is 55.3 Å². The van der Waals surface area contributed by atoms with Gasteiger partial charge < -0.3 is 15.0 Å². The Balaban J connectivity index is 1.68. The number of hydrogen-bond donors (Lipinski definition) is 1. The minimum absolute atomic E-state index is 0.375. The molecular formula is C23H34N4O. The van der Waals surface area contributed by atoms with Crippen molar-refractivity contribution >= 4 is 11.5 Å². The molecule has 0 saturated carbocycles. The number of ether oxygens (including phenoxy) is 1. The number of nitrogens with one attached hydrogen (secondary N) is 1. The highest BCUT2D eigenvalue weighted by Crippen LogP contribution is 2.29. The molecule has 5 nitrogen and oxygen atoms in total. The molecule has 0 atom stereocenters. The molecule has 0 unspecified atom stereocenters. The minimum atomic E-state index is 0.375. The van der Waals surface area contributed by atoms with Gasteiger partial charge in [0.25, 0.3) is 0 Å². The molecule has 1 fully saturated rings. The van der Waals surface area contributed by atoms with Crippen molar-refractivity contribution in [3.8, 4) is 0 Å². The largest absolute Gasteiger partial charge is 0.383 e. The fourth-order valence-corrected chi connectivity index (χ4v) is 3.93. The zero-order valence-corrected chi connectivity index (χ0v) is 17.5. The third-order valence-corrected chi connectivity index (χ3v) is 5.29. The van der Waals surface area contributed by atoms with Crippen LogP contribution in [0.15, 0.2) is 48.7 Å². The van der Waals surface area contributed by atoms with E-state index < -0.39 is 0 Å². The van der Waals surface area contributed by atoms with Crippen LogP contribution in [0.4, 0.5) is 11.5 Å². The number of nitrogens with zero attached hydrogens (tertiary/aromatic N) is 3. The molecule has 2 heterocycles. The van der Waals surface area contributed by atoms with E-state index in [-0.39, 0.29) is 0 Å². The molecule has 1 aliphatic rings. The second kappa shape index (κ2) is 10.4. The quantitative estimate of drug-likeness (QED) is 0.709. The van der Waals surface area contributed by atoms with Gasteiger partial charge in [0.2, 0.25) is 0 Å². The third kappa shape index (κ3) is 5.69. The fraction of sp³-hybridized carbons (Fsp3) is 0.522. The van der Waals surface area contributed by atoms with Crippen LogP contribution >= 0.6 is 0 Å². The predicted octanol–water partition coefficient (Wildman–Crippen LogP) is 4.02. The fourth-order valence-electron chi connectivity index (χ4n) is 3.93. The van der Waals surface area contributed by atoms with Crippen LogP contribution in [0.2, 0.25) is 0 Å². The molecule has 0 spiro atoms. The first-order valence-electron chi connectivity index (χ1n) is 10.4. The molecule has 28 heavy (non-hydrogen) atoms. The van der Waals surface area contributed by atoms with Gasteiger partial charge in [0.05, 0.1) is 12.3 Å². The van der Waals surface area contributed by atoms with Crippen molar-refractivity contribution in [1.82, 2.24) is 9.88 Å². The summed E-state index contributed by atoms with van der Waals surface area (Å²) in [5.74, 6) is 1.05. The Labute approximate surface area is 169 Å². The number of hydrogen-bond acceptors (Lipinski definition) is 5. The average molecular weight is 383 g/mol. The molecule has 1 N–H and O–H groups in total. The lowest BCUT2D eigenvalue weighted by atomic mass is 10.0. The first-order chi connectivity index (χ1) is 13.7. The topological polar surface area (TPSA) is 40.6 Å². The van der Waals surface area contributed by atoms with Crippen LogP contribution in [0.3, 0.4) is 0 Å². The molecule has 1 aliphatic heterocycles. The Morgan fingerprint density at radius 3 is 2.57 bits per heavy atom. The van der Waals surface area contributed by atoms with Crippen molar-refractivity contribution in [3.05, 3.63) is 54.2 Å². The van der Waals surface area contributed by atoms with E-state index in [1.54, 1.807) is 7.11 Å². The van der Waals surface area contributed by atoms with E-state index in [4.69, 9.17) is 9.72 Å². The molecule has 3 rings (SSSR count). The van der Waals surface area contributed by atoms with Gasteiger partial charge in [-0.3, -0.25) is 4.90 Å². The Kier molecular flexibility index (Phi) is 7.69. The number of aromatic nitrogens is 1. The van der Waals surface area contributed by atoms with Crippen molar-refractivity contribution in [3.63, 3.8) is 0 Å². The highest BCUT2D eigenvalue weighted by Gasteiger charge is 2.27. The van der Waals surface area contributed by atoms with Gasteiger partial charge in [-0.2, -0.15) is 0 Å². The number of benzene rings is 1. The number of anilines is 2. The Morgan fingerprint density at radius 1 is 1.14 bits per heavy atom. The van der Waals surface area contributed by atoms with E-state index in [0.717, 1.165) is 50.5 Å². The van der Waals surface area contributed by atoms with Gasteiger partial charge in [-0.25, -0.2) is 4.98 Å². The van der Waals surface area contributed by atoms with Crippen molar-refractivity contribution in [2.45, 2.75) is 45.3 Å². The lowest BCUT2D eigenvalue weighted by Gasteiger charge is -2.40. The normalized spacial score (nSPS) is 15.7. The summed E-state index contributed by atoms with van der Waals surface area (Å²) >= 11 is 0. The van der Waals surface area contributed by atoms with Crippen LogP contribution in [0.1, 0.15) is 32.3 Å². The standard InChI is InChI=1S/C23H34N4O/c1-19(2)25-22-10-7-13-24-23(22)27(16-17-28-3)21-11-14-26(15-12-21)18-20-8-5-4-6-9-20/h4-10,13,19,21,25H,11-12,14-18H2,1-3H3. The highest BCUT2D eigenvalue weighted by atomic mass is 16.5. The van der Waals surface area contributed by atoms with E-state index in [2.05, 4.69) is 65.4 Å². The van der Waals surface area contributed by atoms with Gasteiger partial charge in [0.15, 0.2) is 5.82 Å². The van der Waals surface area contributed by atoms with Gasteiger partial charge in [-0.1, -0.05) is 30.3 Å². The summed E-state index contributed by atoms with van der Waals surface area (Å²) in [5.41, 5.74) is 2.51. The van der Waals surface area contributed by atoms with E-state index in [9.17, 15) is 0 Å². The molecular weight excluding hydrogens is 348 g/mol. The Bertz CT molecular complexity index is 699. The zero-order valence-electron chi connectivity index (χ0n) is 17.5. The maximum atomic E-state index is 5.41. The van der Waals surface area contributed by atoms with Crippen molar-refractivity contribution in [2.24, 2.45) is 0 Å². The van der Waals surface area contributed by atoms with Crippen LogP contribution in [0, 0.1) is 0 Å². The van der Waals surface area contributed by atoms with E-state index >= 15 is 0 Å². The second-order valence-corrected chi connectivity index (χ2v) is 7.85. The first kappa shape index (κ1) is 20.6. The summed E-state index contributed by atoms with van der Waals surface area (Å²) in [7, 11) is 1.77. The number of methoxy groups -OCH3 is 1. The lowest BCUT2D eigenvalue weighted by molar-refractivity contribution is 0.182. The average Bonchev–Trinajstić information content (AvgIpc) is 2.71. The van der Waals surface area contributed by atoms with Crippen molar-refractivity contribution in [1.29, 1.82) is 0 Å². The van der Waals surface area contributed by atoms with E-state index in [0.29, 0.717) is 18.7 Å². The lowest BCUT2D eigenvalue weighted by Crippen LogP contribution is -2.46. The monoisotopic (exact) mass is 382 g/mol. The SMILES string of the molecule is COCCN(c1ncccc1NC(C)C)C1CCN(Cc2ccccc2)CC1. The van der Waals surface area contributed by atoms with Gasteiger partial charge >= 0.3 is 0 Å². The smallest absolute Gasteiger partial charge is 0.152 e. The van der Waals surface area contributed by atoms with Gasteiger partial charge in [0.1, 0.15) is 0 Å². The minimum Gasteiger partial charge on any atom is -0.383 e. The molecule has 0 bridgehead atoms. The summed E-state index contributed by atoms with van der Waals surface area (Å²) in [5, 5.41) is 3.56. The van der Waals surface area contributed by atoms with Gasteiger partial charge in [-0.05, 0) is 44.4 Å². The molecule has 0 aliphatic carbocycles. The first-order valence-corrected chi connectivity index (χ1v) is 10.4. The summed E-state index contributed by atoms with van der Waals surface area (Å²) in [4.78, 5) is 9.76. The molecule has 1 saturated heterocycles. The summed E-state index contributed by atoms with van der Waals surface area (Å²) in [6, 6.07) is 15.8. The Hall–Kier alpha value is -2.11.